The molecule has 1 atom stereocenters. The summed E-state index contributed by atoms with van der Waals surface area (Å²) < 4.78 is 0. The number of anilines is 2. The highest BCUT2D eigenvalue weighted by molar-refractivity contribution is 5.94. The number of hydrogen-bond donors (Lipinski definition) is 1. The van der Waals surface area contributed by atoms with Crippen LogP contribution in [0.1, 0.15) is 24.0 Å². The van der Waals surface area contributed by atoms with Crippen LogP contribution in [0, 0.1) is 5.92 Å². The molecule has 3 heterocycles. The second-order valence-electron chi connectivity index (χ2n) is 7.66. The van der Waals surface area contributed by atoms with Crippen molar-refractivity contribution in [1.82, 2.24) is 9.88 Å². The second kappa shape index (κ2) is 8.47. The molecule has 1 unspecified atom stereocenters. The fraction of sp³-hybridized carbons (Fsp3) is 0.348. The largest absolute Gasteiger partial charge is 0.352 e. The highest BCUT2D eigenvalue weighted by atomic mass is 16.2. The number of carbonyl (C=O) groups excluding carboxylic acids is 2. The molecular weight excluding hydrogens is 364 g/mol. The standard InChI is InChI=1S/C23H26N4O2/c1-2-22(28)27-12-5-8-19(16-27)23(29)25-20-9-11-24-21(14-20)26-13-10-17-6-3-4-7-18(17)15-26/h2-4,6-7,9,11,14,19H,1,5,8,10,12-13,15-16H2,(H,24,25,29). The Bertz CT molecular complexity index is 927. The Morgan fingerprint density at radius 3 is 2.83 bits per heavy atom. The lowest BCUT2D eigenvalue weighted by Crippen LogP contribution is -2.43. The molecular formula is C23H26N4O2. The second-order valence-corrected chi connectivity index (χ2v) is 7.66. The Labute approximate surface area is 171 Å². The van der Waals surface area contributed by atoms with Crippen molar-refractivity contribution in [3.05, 3.63) is 66.4 Å². The quantitative estimate of drug-likeness (QED) is 0.815. The van der Waals surface area contributed by atoms with Gasteiger partial charge in [-0.3, -0.25) is 9.59 Å². The van der Waals surface area contributed by atoms with Gasteiger partial charge >= 0.3 is 0 Å². The maximum absolute atomic E-state index is 12.8. The predicted molar refractivity (Wildman–Crippen MR) is 114 cm³/mol. The first-order chi connectivity index (χ1) is 14.1. The first kappa shape index (κ1) is 19.2. The number of aromatic nitrogens is 1. The fourth-order valence-corrected chi connectivity index (χ4v) is 4.13. The van der Waals surface area contributed by atoms with Gasteiger partial charge < -0.3 is 15.1 Å². The predicted octanol–water partition coefficient (Wildman–Crippen LogP) is 3.01. The van der Waals surface area contributed by atoms with Crippen LogP contribution in [-0.2, 0) is 22.6 Å². The molecule has 6 heteroatoms. The lowest BCUT2D eigenvalue weighted by molar-refractivity contribution is -0.130. The molecule has 150 valence electrons. The van der Waals surface area contributed by atoms with Crippen molar-refractivity contribution in [3.63, 3.8) is 0 Å². The van der Waals surface area contributed by atoms with Crippen LogP contribution < -0.4 is 10.2 Å². The summed E-state index contributed by atoms with van der Waals surface area (Å²) in [5.41, 5.74) is 3.46. The van der Waals surface area contributed by atoms with E-state index in [0.717, 1.165) is 43.9 Å². The zero-order valence-electron chi connectivity index (χ0n) is 16.5. The molecule has 1 aromatic heterocycles. The van der Waals surface area contributed by atoms with Crippen molar-refractivity contribution in [2.24, 2.45) is 5.92 Å². The van der Waals surface area contributed by atoms with E-state index in [0.29, 0.717) is 13.1 Å². The molecule has 1 saturated heterocycles. The van der Waals surface area contributed by atoms with Gasteiger partial charge in [-0.25, -0.2) is 4.98 Å². The number of amides is 2. The third-order valence-electron chi connectivity index (χ3n) is 5.75. The van der Waals surface area contributed by atoms with Gasteiger partial charge in [0, 0.05) is 44.1 Å². The number of nitrogens with zero attached hydrogens (tertiary/aromatic N) is 3. The SMILES string of the molecule is C=CC(=O)N1CCCC(C(=O)Nc2ccnc(N3CCc4ccccc4C3)c2)C1. The van der Waals surface area contributed by atoms with Crippen LogP contribution in [0.5, 0.6) is 0 Å². The van der Waals surface area contributed by atoms with E-state index < -0.39 is 0 Å². The maximum atomic E-state index is 12.8. The third-order valence-corrected chi connectivity index (χ3v) is 5.75. The van der Waals surface area contributed by atoms with Crippen LogP contribution in [0.3, 0.4) is 0 Å². The summed E-state index contributed by atoms with van der Waals surface area (Å²) >= 11 is 0. The van der Waals surface area contributed by atoms with Crippen molar-refractivity contribution in [2.75, 3.05) is 29.9 Å². The number of nitrogens with one attached hydrogen (secondary N) is 1. The topological polar surface area (TPSA) is 65.5 Å². The van der Waals surface area contributed by atoms with Crippen molar-refractivity contribution >= 4 is 23.3 Å². The van der Waals surface area contributed by atoms with E-state index in [9.17, 15) is 9.59 Å². The van der Waals surface area contributed by atoms with Gasteiger partial charge in [0.2, 0.25) is 11.8 Å². The minimum Gasteiger partial charge on any atom is -0.352 e. The molecule has 0 saturated carbocycles. The number of hydrogen-bond acceptors (Lipinski definition) is 4. The molecule has 1 fully saturated rings. The molecule has 2 aliphatic heterocycles. The van der Waals surface area contributed by atoms with Gasteiger partial charge in [-0.2, -0.15) is 0 Å². The smallest absolute Gasteiger partial charge is 0.245 e. The van der Waals surface area contributed by atoms with Crippen LogP contribution in [0.15, 0.2) is 55.3 Å². The number of likely N-dealkylation sites (tertiary alicyclic amines) is 1. The highest BCUT2D eigenvalue weighted by Gasteiger charge is 2.27. The van der Waals surface area contributed by atoms with Gasteiger partial charge in [-0.1, -0.05) is 30.8 Å². The first-order valence-corrected chi connectivity index (χ1v) is 10.1. The number of benzene rings is 1. The minimum absolute atomic E-state index is 0.0484. The maximum Gasteiger partial charge on any atom is 0.245 e. The number of carbonyl (C=O) groups is 2. The first-order valence-electron chi connectivity index (χ1n) is 10.1. The van der Waals surface area contributed by atoms with Crippen LogP contribution in [-0.4, -0.2) is 41.3 Å². The summed E-state index contributed by atoms with van der Waals surface area (Å²) in [7, 11) is 0. The van der Waals surface area contributed by atoms with E-state index in [1.807, 2.05) is 12.1 Å². The van der Waals surface area contributed by atoms with Gasteiger partial charge in [0.25, 0.3) is 0 Å². The lowest BCUT2D eigenvalue weighted by atomic mass is 9.97. The summed E-state index contributed by atoms with van der Waals surface area (Å²) in [5.74, 6) is 0.502. The van der Waals surface area contributed by atoms with E-state index in [1.165, 1.54) is 17.2 Å². The minimum atomic E-state index is -0.203. The van der Waals surface area contributed by atoms with Gasteiger partial charge in [0.05, 0.1) is 5.92 Å². The molecule has 0 bridgehead atoms. The van der Waals surface area contributed by atoms with Crippen LogP contribution >= 0.6 is 0 Å². The molecule has 0 spiro atoms. The van der Waals surface area contributed by atoms with Gasteiger partial charge in [0.15, 0.2) is 0 Å². The summed E-state index contributed by atoms with van der Waals surface area (Å²) in [5, 5.41) is 3.02. The van der Waals surface area contributed by atoms with E-state index in [2.05, 4.69) is 46.0 Å². The van der Waals surface area contributed by atoms with E-state index in [4.69, 9.17) is 0 Å². The number of rotatable bonds is 4. The summed E-state index contributed by atoms with van der Waals surface area (Å²) in [4.78, 5) is 33.1. The lowest BCUT2D eigenvalue weighted by Gasteiger charge is -2.31. The van der Waals surface area contributed by atoms with Crippen molar-refractivity contribution in [3.8, 4) is 0 Å². The van der Waals surface area contributed by atoms with Gasteiger partial charge in [-0.05, 0) is 42.5 Å². The Morgan fingerprint density at radius 1 is 1.17 bits per heavy atom. The monoisotopic (exact) mass is 390 g/mol. The zero-order valence-corrected chi connectivity index (χ0v) is 16.5. The number of fused-ring (bicyclic) bond motifs is 1. The average molecular weight is 390 g/mol. The van der Waals surface area contributed by atoms with E-state index >= 15 is 0 Å². The van der Waals surface area contributed by atoms with E-state index in [-0.39, 0.29) is 17.7 Å². The molecule has 0 aliphatic carbocycles. The van der Waals surface area contributed by atoms with Gasteiger partial charge in [-0.15, -0.1) is 0 Å². The highest BCUT2D eigenvalue weighted by Crippen LogP contribution is 2.25. The van der Waals surface area contributed by atoms with Crippen molar-refractivity contribution < 1.29 is 9.59 Å². The summed E-state index contributed by atoms with van der Waals surface area (Å²) in [6.45, 7) is 6.39. The van der Waals surface area contributed by atoms with E-state index in [1.54, 1.807) is 11.1 Å². The fourth-order valence-electron chi connectivity index (χ4n) is 4.13. The number of pyridine rings is 1. The van der Waals surface area contributed by atoms with Crippen LogP contribution in [0.25, 0.3) is 0 Å². The molecule has 1 N–H and O–H groups in total. The molecule has 2 aromatic rings. The Morgan fingerprint density at radius 2 is 2.00 bits per heavy atom. The van der Waals surface area contributed by atoms with Crippen molar-refractivity contribution in [2.45, 2.75) is 25.8 Å². The molecule has 1 aromatic carbocycles. The summed E-state index contributed by atoms with van der Waals surface area (Å²) in [6.07, 6.45) is 5.65. The molecule has 6 nitrogen and oxygen atoms in total. The average Bonchev–Trinajstić information content (AvgIpc) is 2.78. The Hall–Kier alpha value is -3.15. The van der Waals surface area contributed by atoms with Crippen LogP contribution in [0.2, 0.25) is 0 Å². The normalized spacial score (nSPS) is 18.7. The molecule has 0 radical (unpaired) electrons. The van der Waals surface area contributed by atoms with Gasteiger partial charge in [0.1, 0.15) is 5.82 Å². The Kier molecular flexibility index (Phi) is 5.60. The molecule has 2 amide bonds. The molecule has 2 aliphatic rings. The number of piperidine rings is 1. The third kappa shape index (κ3) is 4.31. The van der Waals surface area contributed by atoms with Crippen molar-refractivity contribution in [1.29, 1.82) is 0 Å². The summed E-state index contributed by atoms with van der Waals surface area (Å²) in [6, 6.07) is 12.2. The molecule has 4 rings (SSSR count). The zero-order chi connectivity index (χ0) is 20.2. The molecule has 29 heavy (non-hydrogen) atoms. The Balaban J connectivity index is 1.42. The van der Waals surface area contributed by atoms with Crippen LogP contribution in [0.4, 0.5) is 11.5 Å².